The number of aromatic nitrogens is 6. The molecule has 0 bridgehead atoms. The summed E-state index contributed by atoms with van der Waals surface area (Å²) < 4.78 is 72.4. The van der Waals surface area contributed by atoms with E-state index in [1.165, 1.54) is 76.1 Å². The van der Waals surface area contributed by atoms with Crippen LogP contribution in [0.25, 0.3) is 33.4 Å². The number of likely N-dealkylation sites (tertiary alicyclic amines) is 2. The van der Waals surface area contributed by atoms with Crippen molar-refractivity contribution in [3.8, 4) is 47.1 Å². The van der Waals surface area contributed by atoms with Crippen molar-refractivity contribution >= 4 is 61.7 Å². The van der Waals surface area contributed by atoms with Gasteiger partial charge in [0.25, 0.3) is 11.8 Å². The monoisotopic (exact) mass is 992 g/mol. The Labute approximate surface area is 386 Å². The standard InChI is InChI=1S/C22H18F2N4O5.C15H10BrF2N3O3.C7H9NO2/c1-27-9-7-22(31,20(27)30)6-5-13-10-14(12-15(11-13)33-21(23)24)28-18-16(4-3-8-25-18)17(26-28)19(29)32-2;1-23-14(22)12-11-3-2-4-19-13(11)21(20-12)9-5-8(16)6-10(7-9)24-15(17)18;1-3-7(10)4-5-8(2)6(7)9/h3-4,8,10-12,21,31H,7,9H2,1-2H3;2-7,15H,1H3;1,10H,4-5H2,2H3/t22-;;7-/m0.0/s1. The number of nitrogens with zero attached hydrogens (tertiary/aromatic N) is 8. The number of benzene rings is 2. The fourth-order valence-electron chi connectivity index (χ4n) is 6.68. The molecule has 2 atom stereocenters. The highest BCUT2D eigenvalue weighted by atomic mass is 79.9. The molecule has 0 aliphatic carbocycles. The highest BCUT2D eigenvalue weighted by Gasteiger charge is 2.43. The topological polar surface area (TPSA) is 214 Å². The number of hydrogen-bond acceptors (Lipinski definition) is 14. The Kier molecular flexibility index (Phi) is 14.8. The molecule has 2 saturated heterocycles. The first-order valence-electron chi connectivity index (χ1n) is 19.5. The maximum absolute atomic E-state index is 12.9. The average Bonchev–Trinajstić information content (AvgIpc) is 4.04. The van der Waals surface area contributed by atoms with Crippen LogP contribution < -0.4 is 9.47 Å². The van der Waals surface area contributed by atoms with Crippen molar-refractivity contribution in [1.29, 1.82) is 0 Å². The maximum Gasteiger partial charge on any atom is 0.387 e. The first-order valence-corrected chi connectivity index (χ1v) is 20.3. The van der Waals surface area contributed by atoms with Crippen LogP contribution in [0.4, 0.5) is 17.6 Å². The van der Waals surface area contributed by atoms with Gasteiger partial charge in [-0.2, -0.15) is 27.8 Å². The van der Waals surface area contributed by atoms with Crippen molar-refractivity contribution in [3.05, 3.63) is 94.5 Å². The number of hydrogen-bond donors (Lipinski definition) is 2. The van der Waals surface area contributed by atoms with Crippen molar-refractivity contribution in [2.45, 2.75) is 37.3 Å². The second-order valence-corrected chi connectivity index (χ2v) is 15.4. The van der Waals surface area contributed by atoms with Crippen molar-refractivity contribution < 1.29 is 65.9 Å². The van der Waals surface area contributed by atoms with E-state index in [4.69, 9.17) is 15.9 Å². The Hall–Kier alpha value is -7.60. The van der Waals surface area contributed by atoms with Gasteiger partial charge in [-0.1, -0.05) is 33.7 Å². The van der Waals surface area contributed by atoms with Crippen LogP contribution in [-0.4, -0.2) is 139 Å². The molecule has 2 fully saturated rings. The molecule has 6 heterocycles. The summed E-state index contributed by atoms with van der Waals surface area (Å²) in [4.78, 5) is 58.4. The van der Waals surface area contributed by atoms with Crippen molar-refractivity contribution in [3.63, 3.8) is 0 Å². The van der Waals surface area contributed by atoms with Crippen LogP contribution in [0.3, 0.4) is 0 Å². The number of amides is 2. The lowest BCUT2D eigenvalue weighted by Crippen LogP contribution is -2.37. The van der Waals surface area contributed by atoms with Crippen LogP contribution >= 0.6 is 15.9 Å². The first kappa shape index (κ1) is 48.8. The van der Waals surface area contributed by atoms with E-state index in [9.17, 15) is 47.0 Å². The summed E-state index contributed by atoms with van der Waals surface area (Å²) in [5.74, 6) is 4.79. The fraction of sp³-hybridized carbons (Fsp3) is 0.273. The van der Waals surface area contributed by atoms with Gasteiger partial charge in [-0.05, 0) is 48.5 Å². The third-order valence-electron chi connectivity index (χ3n) is 10.0. The van der Waals surface area contributed by atoms with Crippen molar-refractivity contribution in [2.75, 3.05) is 41.4 Å². The van der Waals surface area contributed by atoms with Gasteiger partial charge >= 0.3 is 25.2 Å². The highest BCUT2D eigenvalue weighted by molar-refractivity contribution is 9.10. The second kappa shape index (κ2) is 20.3. The Morgan fingerprint density at radius 2 is 1.21 bits per heavy atom. The SMILES string of the molecule is C#C[C@]1(O)CCN(C)C1=O.COC(=O)c1nn(-c2cc(Br)cc(OC(F)F)c2)c2ncccc12.COC(=O)c1nn(-c2cc(C#C[C@]3(O)CCN(C)C3=O)cc(OC(F)F)c2)c2ncccc12. The smallest absolute Gasteiger partial charge is 0.387 e. The summed E-state index contributed by atoms with van der Waals surface area (Å²) in [6, 6.07) is 15.0. The molecule has 6 aromatic rings. The molecule has 2 aliphatic heterocycles. The number of carbonyl (C=O) groups is 4. The number of terminal acetylenes is 1. The predicted molar refractivity (Wildman–Crippen MR) is 231 cm³/mol. The number of fused-ring (bicyclic) bond motifs is 2. The van der Waals surface area contributed by atoms with Crippen molar-refractivity contribution in [2.24, 2.45) is 0 Å². The Morgan fingerprint density at radius 3 is 1.63 bits per heavy atom. The molecular weight excluding hydrogens is 956 g/mol. The number of carbonyl (C=O) groups excluding carboxylic acids is 4. The molecule has 2 aromatic carbocycles. The van der Waals surface area contributed by atoms with E-state index >= 15 is 0 Å². The summed E-state index contributed by atoms with van der Waals surface area (Å²) >= 11 is 3.24. The summed E-state index contributed by atoms with van der Waals surface area (Å²) in [5.41, 5.74) is -1.85. The lowest BCUT2D eigenvalue weighted by molar-refractivity contribution is -0.138. The maximum atomic E-state index is 12.9. The number of methoxy groups -OCH3 is 2. The predicted octanol–water partition coefficient (Wildman–Crippen LogP) is 4.54. The normalized spacial score (nSPS) is 17.6. The minimum Gasteiger partial charge on any atom is -0.464 e. The van der Waals surface area contributed by atoms with Gasteiger partial charge in [-0.25, -0.2) is 28.9 Å². The number of esters is 2. The average molecular weight is 994 g/mol. The van der Waals surface area contributed by atoms with Gasteiger partial charge in [0, 0.05) is 74.6 Å². The van der Waals surface area contributed by atoms with Crippen LogP contribution in [0.15, 0.2) is 77.5 Å². The Balaban J connectivity index is 0.000000189. The minimum atomic E-state index is -3.10. The molecule has 348 valence electrons. The molecule has 2 N–H and O–H groups in total. The number of alkyl halides is 4. The molecule has 0 radical (unpaired) electrons. The van der Waals surface area contributed by atoms with Gasteiger partial charge in [0.2, 0.25) is 11.2 Å². The van der Waals surface area contributed by atoms with Crippen LogP contribution in [-0.2, 0) is 19.1 Å². The summed E-state index contributed by atoms with van der Waals surface area (Å²) in [5, 5.41) is 29.2. The molecule has 67 heavy (non-hydrogen) atoms. The van der Waals surface area contributed by atoms with E-state index in [0.717, 1.165) is 0 Å². The molecule has 0 spiro atoms. The number of pyridine rings is 2. The number of likely N-dealkylation sites (N-methyl/N-ethyl adjacent to an activating group) is 2. The molecular formula is C44H37BrF4N8O10. The van der Waals surface area contributed by atoms with E-state index in [-0.39, 0.29) is 52.1 Å². The van der Waals surface area contributed by atoms with Gasteiger partial charge < -0.3 is 39.0 Å². The molecule has 0 saturated carbocycles. The lowest BCUT2D eigenvalue weighted by atomic mass is 10.0. The third kappa shape index (κ3) is 10.8. The van der Waals surface area contributed by atoms with E-state index < -0.39 is 42.3 Å². The first-order chi connectivity index (χ1) is 31.8. The molecule has 4 aromatic heterocycles. The number of rotatable bonds is 8. The molecule has 2 aliphatic rings. The third-order valence-corrected chi connectivity index (χ3v) is 10.5. The second-order valence-electron chi connectivity index (χ2n) is 14.4. The van der Waals surface area contributed by atoms with Gasteiger partial charge in [0.05, 0.1) is 36.4 Å². The quantitative estimate of drug-likeness (QED) is 0.122. The summed E-state index contributed by atoms with van der Waals surface area (Å²) in [6.07, 6.45) is 8.46. The van der Waals surface area contributed by atoms with Gasteiger partial charge in [0.1, 0.15) is 11.5 Å². The number of halogens is 5. The van der Waals surface area contributed by atoms with Crippen LogP contribution in [0.5, 0.6) is 11.5 Å². The zero-order chi connectivity index (χ0) is 48.8. The Morgan fingerprint density at radius 1 is 0.746 bits per heavy atom. The number of aliphatic hydroxyl groups is 2. The minimum absolute atomic E-state index is 0.0117. The van der Waals surface area contributed by atoms with Gasteiger partial charge in [-0.15, -0.1) is 6.42 Å². The van der Waals surface area contributed by atoms with Gasteiger partial charge in [-0.3, -0.25) is 9.59 Å². The van der Waals surface area contributed by atoms with E-state index in [0.29, 0.717) is 46.1 Å². The summed E-state index contributed by atoms with van der Waals surface area (Å²) in [7, 11) is 5.63. The number of ether oxygens (including phenoxy) is 4. The molecule has 23 heteroatoms. The van der Waals surface area contributed by atoms with Crippen LogP contribution in [0.2, 0.25) is 0 Å². The highest BCUT2D eigenvalue weighted by Crippen LogP contribution is 2.30. The fourth-order valence-corrected chi connectivity index (χ4v) is 7.14. The molecule has 18 nitrogen and oxygen atoms in total. The van der Waals surface area contributed by atoms with Gasteiger partial charge in [0.15, 0.2) is 22.7 Å². The zero-order valence-electron chi connectivity index (χ0n) is 35.6. The lowest BCUT2D eigenvalue weighted by Gasteiger charge is -2.13. The van der Waals surface area contributed by atoms with Crippen molar-refractivity contribution in [1.82, 2.24) is 39.3 Å². The molecule has 0 unspecified atom stereocenters. The van der Waals surface area contributed by atoms with E-state index in [1.807, 2.05) is 0 Å². The van der Waals surface area contributed by atoms with E-state index in [1.54, 1.807) is 44.4 Å². The molecule has 8 rings (SSSR count). The van der Waals surface area contributed by atoms with Crippen LogP contribution in [0, 0.1) is 24.2 Å². The Bertz CT molecular complexity index is 2990. The summed E-state index contributed by atoms with van der Waals surface area (Å²) in [6.45, 7) is -5.18. The zero-order valence-corrected chi connectivity index (χ0v) is 37.2. The van der Waals surface area contributed by atoms with Crippen LogP contribution in [0.1, 0.15) is 39.4 Å². The largest absolute Gasteiger partial charge is 0.464 e. The molecule has 2 amide bonds. The van der Waals surface area contributed by atoms with E-state index in [2.05, 4.69) is 63.3 Å².